The molecule has 0 amide bonds. The SMILES string of the molecule is COC(=O)C1=C(C)NC(C)=C(C(=O)OCC(C)C)C1c1csc2ccncc12. The maximum Gasteiger partial charge on any atom is 0.336 e. The van der Waals surface area contributed by atoms with Crippen LogP contribution in [0.3, 0.4) is 0 Å². The molecule has 1 aliphatic rings. The minimum atomic E-state index is -0.577. The summed E-state index contributed by atoms with van der Waals surface area (Å²) in [4.78, 5) is 29.9. The Morgan fingerprint density at radius 1 is 1.21 bits per heavy atom. The lowest BCUT2D eigenvalue weighted by Crippen LogP contribution is -2.32. The Balaban J connectivity index is 2.17. The first kappa shape index (κ1) is 20.1. The molecule has 1 atom stereocenters. The van der Waals surface area contributed by atoms with Crippen LogP contribution in [-0.4, -0.2) is 30.6 Å². The molecule has 0 aromatic carbocycles. The van der Waals surface area contributed by atoms with Gasteiger partial charge in [-0.15, -0.1) is 11.3 Å². The van der Waals surface area contributed by atoms with Gasteiger partial charge in [0.15, 0.2) is 0 Å². The second kappa shape index (κ2) is 8.14. The van der Waals surface area contributed by atoms with E-state index >= 15 is 0 Å². The molecule has 0 bridgehead atoms. The average molecular weight is 401 g/mol. The first-order valence-electron chi connectivity index (χ1n) is 9.10. The largest absolute Gasteiger partial charge is 0.466 e. The van der Waals surface area contributed by atoms with Gasteiger partial charge < -0.3 is 14.8 Å². The number of carbonyl (C=O) groups excluding carboxylic acids is 2. The van der Waals surface area contributed by atoms with Crippen LogP contribution in [0, 0.1) is 5.92 Å². The zero-order valence-corrected chi connectivity index (χ0v) is 17.5. The van der Waals surface area contributed by atoms with Crippen molar-refractivity contribution in [3.8, 4) is 0 Å². The van der Waals surface area contributed by atoms with Crippen molar-refractivity contribution < 1.29 is 19.1 Å². The molecular weight excluding hydrogens is 376 g/mol. The van der Waals surface area contributed by atoms with E-state index in [0.717, 1.165) is 15.6 Å². The number of rotatable bonds is 5. The predicted octanol–water partition coefficient (Wildman–Crippen LogP) is 3.90. The number of ether oxygens (including phenoxy) is 2. The van der Waals surface area contributed by atoms with Gasteiger partial charge in [-0.2, -0.15) is 0 Å². The first-order chi connectivity index (χ1) is 13.3. The molecule has 0 radical (unpaired) electrons. The summed E-state index contributed by atoms with van der Waals surface area (Å²) >= 11 is 1.55. The first-order valence-corrected chi connectivity index (χ1v) is 9.98. The highest BCUT2D eigenvalue weighted by Gasteiger charge is 2.39. The van der Waals surface area contributed by atoms with Gasteiger partial charge in [0.1, 0.15) is 0 Å². The average Bonchev–Trinajstić information content (AvgIpc) is 3.08. The Morgan fingerprint density at radius 2 is 1.89 bits per heavy atom. The third-order valence-corrected chi connectivity index (χ3v) is 5.63. The summed E-state index contributed by atoms with van der Waals surface area (Å²) < 4.78 is 11.6. The maximum atomic E-state index is 13.0. The van der Waals surface area contributed by atoms with Gasteiger partial charge in [-0.25, -0.2) is 9.59 Å². The van der Waals surface area contributed by atoms with Crippen molar-refractivity contribution in [1.82, 2.24) is 10.3 Å². The number of aromatic nitrogens is 1. The quantitative estimate of drug-likeness (QED) is 0.767. The topological polar surface area (TPSA) is 77.5 Å². The summed E-state index contributed by atoms with van der Waals surface area (Å²) in [5.74, 6) is -1.27. The van der Waals surface area contributed by atoms with Crippen LogP contribution in [0.25, 0.3) is 10.1 Å². The van der Waals surface area contributed by atoms with Crippen LogP contribution in [0.15, 0.2) is 46.4 Å². The number of fused-ring (bicyclic) bond motifs is 1. The van der Waals surface area contributed by atoms with Gasteiger partial charge in [0, 0.05) is 33.9 Å². The fourth-order valence-corrected chi connectivity index (χ4v) is 4.35. The van der Waals surface area contributed by atoms with E-state index < -0.39 is 17.9 Å². The van der Waals surface area contributed by atoms with Gasteiger partial charge in [0.25, 0.3) is 0 Å². The molecule has 2 aromatic heterocycles. The van der Waals surface area contributed by atoms with E-state index in [9.17, 15) is 9.59 Å². The monoisotopic (exact) mass is 400 g/mol. The molecule has 0 aliphatic carbocycles. The van der Waals surface area contributed by atoms with Crippen molar-refractivity contribution in [2.75, 3.05) is 13.7 Å². The highest BCUT2D eigenvalue weighted by atomic mass is 32.1. The lowest BCUT2D eigenvalue weighted by Gasteiger charge is -2.30. The van der Waals surface area contributed by atoms with Gasteiger partial charge >= 0.3 is 11.9 Å². The minimum absolute atomic E-state index is 0.211. The Kier molecular flexibility index (Phi) is 5.84. The number of allylic oxidation sites excluding steroid dienone is 2. The molecule has 1 aliphatic heterocycles. The summed E-state index contributed by atoms with van der Waals surface area (Å²) in [5.41, 5.74) is 3.03. The van der Waals surface area contributed by atoms with E-state index in [1.165, 1.54) is 7.11 Å². The molecule has 2 aromatic rings. The molecule has 0 spiro atoms. The number of hydrogen-bond acceptors (Lipinski definition) is 7. The maximum absolute atomic E-state index is 13.0. The van der Waals surface area contributed by atoms with E-state index in [0.29, 0.717) is 29.1 Å². The van der Waals surface area contributed by atoms with Gasteiger partial charge in [-0.05, 0) is 36.8 Å². The van der Waals surface area contributed by atoms with Crippen LogP contribution < -0.4 is 5.32 Å². The van der Waals surface area contributed by atoms with Crippen LogP contribution >= 0.6 is 11.3 Å². The number of carbonyl (C=O) groups is 2. The fraction of sp³-hybridized carbons (Fsp3) is 0.381. The smallest absolute Gasteiger partial charge is 0.336 e. The number of nitrogens with zero attached hydrogens (tertiary/aromatic N) is 1. The number of pyridine rings is 1. The number of thiophene rings is 1. The van der Waals surface area contributed by atoms with E-state index in [4.69, 9.17) is 9.47 Å². The lowest BCUT2D eigenvalue weighted by molar-refractivity contribution is -0.140. The number of esters is 2. The normalized spacial score (nSPS) is 17.1. The summed E-state index contributed by atoms with van der Waals surface area (Å²) in [6, 6.07) is 1.92. The summed E-state index contributed by atoms with van der Waals surface area (Å²) in [7, 11) is 1.34. The molecule has 1 N–H and O–H groups in total. The Labute approximate surface area is 168 Å². The highest BCUT2D eigenvalue weighted by Crippen LogP contribution is 2.43. The van der Waals surface area contributed by atoms with E-state index in [-0.39, 0.29) is 5.92 Å². The molecule has 0 saturated carbocycles. The molecular formula is C21H24N2O4S. The number of hydrogen-bond donors (Lipinski definition) is 1. The number of nitrogens with one attached hydrogen (secondary N) is 1. The molecule has 1 unspecified atom stereocenters. The van der Waals surface area contributed by atoms with Gasteiger partial charge in [-0.3, -0.25) is 4.98 Å². The molecule has 148 valence electrons. The second-order valence-corrected chi connectivity index (χ2v) is 8.09. The molecule has 7 heteroatoms. The predicted molar refractivity (Wildman–Crippen MR) is 109 cm³/mol. The molecule has 0 fully saturated rings. The standard InChI is InChI=1S/C21H24N2O4S/c1-11(2)9-27-21(25)18-13(4)23-12(3)17(20(24)26-5)19(18)15-10-28-16-6-7-22-8-14(15)16/h6-8,10-11,19,23H,9H2,1-5H3. The van der Waals surface area contributed by atoms with Crippen molar-refractivity contribution in [3.05, 3.63) is 51.9 Å². The van der Waals surface area contributed by atoms with Crippen molar-refractivity contribution in [1.29, 1.82) is 0 Å². The molecule has 0 saturated heterocycles. The summed E-state index contributed by atoms with van der Waals surface area (Å²) in [5, 5.41) is 6.03. The second-order valence-electron chi connectivity index (χ2n) is 7.18. The number of dihydropyridines is 1. The van der Waals surface area contributed by atoms with Crippen molar-refractivity contribution >= 4 is 33.4 Å². The Bertz CT molecular complexity index is 987. The van der Waals surface area contributed by atoms with Crippen LogP contribution in [0.2, 0.25) is 0 Å². The Hall–Kier alpha value is -2.67. The zero-order valence-electron chi connectivity index (χ0n) is 16.7. The van der Waals surface area contributed by atoms with E-state index in [2.05, 4.69) is 10.3 Å². The van der Waals surface area contributed by atoms with Gasteiger partial charge in [-0.1, -0.05) is 13.8 Å². The van der Waals surface area contributed by atoms with Crippen molar-refractivity contribution in [3.63, 3.8) is 0 Å². The summed E-state index contributed by atoms with van der Waals surface area (Å²) in [6.07, 6.45) is 3.49. The minimum Gasteiger partial charge on any atom is -0.466 e. The molecule has 3 heterocycles. The third-order valence-electron chi connectivity index (χ3n) is 4.65. The van der Waals surface area contributed by atoms with Crippen molar-refractivity contribution in [2.24, 2.45) is 5.92 Å². The molecule has 28 heavy (non-hydrogen) atoms. The fourth-order valence-electron chi connectivity index (χ4n) is 3.39. The third kappa shape index (κ3) is 3.67. The van der Waals surface area contributed by atoms with Gasteiger partial charge in [0.2, 0.25) is 0 Å². The highest BCUT2D eigenvalue weighted by molar-refractivity contribution is 7.17. The summed E-state index contributed by atoms with van der Waals surface area (Å²) in [6.45, 7) is 7.90. The molecule has 3 rings (SSSR count). The van der Waals surface area contributed by atoms with Gasteiger partial charge in [0.05, 0.1) is 30.8 Å². The number of methoxy groups -OCH3 is 1. The van der Waals surface area contributed by atoms with Crippen LogP contribution in [0.1, 0.15) is 39.2 Å². The van der Waals surface area contributed by atoms with E-state index in [1.54, 1.807) is 23.7 Å². The van der Waals surface area contributed by atoms with E-state index in [1.807, 2.05) is 39.1 Å². The van der Waals surface area contributed by atoms with Crippen LogP contribution in [-0.2, 0) is 19.1 Å². The lowest BCUT2D eigenvalue weighted by atomic mass is 9.80. The van der Waals surface area contributed by atoms with Crippen LogP contribution in [0.5, 0.6) is 0 Å². The zero-order chi connectivity index (χ0) is 20.4. The van der Waals surface area contributed by atoms with Crippen molar-refractivity contribution in [2.45, 2.75) is 33.6 Å². The van der Waals surface area contributed by atoms with Crippen LogP contribution in [0.4, 0.5) is 0 Å². The molecule has 6 nitrogen and oxygen atoms in total. The Morgan fingerprint density at radius 3 is 2.54 bits per heavy atom.